The summed E-state index contributed by atoms with van der Waals surface area (Å²) in [5.41, 5.74) is 0.184. The number of carbonyl (C=O) groups is 1. The van der Waals surface area contributed by atoms with Gasteiger partial charge in [-0.1, -0.05) is 0 Å². The molecule has 6 heteroatoms. The maximum Gasteiger partial charge on any atom is 0.253 e. The zero-order valence-corrected chi connectivity index (χ0v) is 11.6. The lowest BCUT2D eigenvalue weighted by Gasteiger charge is -2.38. The highest BCUT2D eigenvalue weighted by Crippen LogP contribution is 2.19. The molecule has 1 aromatic heterocycles. The molecule has 1 aliphatic rings. The molecule has 0 radical (unpaired) electrons. The molecule has 1 aromatic rings. The van der Waals surface area contributed by atoms with Crippen molar-refractivity contribution in [1.29, 1.82) is 0 Å². The van der Waals surface area contributed by atoms with Gasteiger partial charge in [0.15, 0.2) is 5.60 Å². The summed E-state index contributed by atoms with van der Waals surface area (Å²) in [6, 6.07) is 1.90. The normalized spacial score (nSPS) is 24.2. The molecule has 1 N–H and O–H groups in total. The van der Waals surface area contributed by atoms with Crippen molar-refractivity contribution >= 4 is 5.91 Å². The van der Waals surface area contributed by atoms with Gasteiger partial charge in [0.05, 0.1) is 12.3 Å². The maximum absolute atomic E-state index is 11.9. The summed E-state index contributed by atoms with van der Waals surface area (Å²) in [7, 11) is 1.63. The van der Waals surface area contributed by atoms with Crippen LogP contribution in [0.25, 0.3) is 0 Å². The molecule has 1 fully saturated rings. The van der Waals surface area contributed by atoms with Crippen LogP contribution in [0.2, 0.25) is 0 Å². The van der Waals surface area contributed by atoms with E-state index in [1.165, 1.54) is 0 Å². The summed E-state index contributed by atoms with van der Waals surface area (Å²) < 4.78 is 5.62. The van der Waals surface area contributed by atoms with E-state index in [9.17, 15) is 4.79 Å². The first-order valence-corrected chi connectivity index (χ1v) is 6.40. The summed E-state index contributed by atoms with van der Waals surface area (Å²) in [5, 5.41) is 2.65. The average Bonchev–Trinajstić information content (AvgIpc) is 2.38. The second kappa shape index (κ2) is 5.63. The van der Waals surface area contributed by atoms with Crippen LogP contribution in [0.5, 0.6) is 0 Å². The minimum absolute atomic E-state index is 0.0870. The smallest absolute Gasteiger partial charge is 0.253 e. The van der Waals surface area contributed by atoms with Crippen LogP contribution in [0, 0.1) is 6.92 Å². The summed E-state index contributed by atoms with van der Waals surface area (Å²) in [6.45, 7) is 6.32. The van der Waals surface area contributed by atoms with Gasteiger partial charge in [0.1, 0.15) is 5.82 Å². The van der Waals surface area contributed by atoms with E-state index in [-0.39, 0.29) is 5.91 Å². The molecule has 1 amide bonds. The van der Waals surface area contributed by atoms with Crippen molar-refractivity contribution < 1.29 is 9.53 Å². The molecule has 0 bridgehead atoms. The third-order valence-electron chi connectivity index (χ3n) is 3.28. The fourth-order valence-electron chi connectivity index (χ4n) is 2.31. The molecule has 0 aliphatic carbocycles. The summed E-state index contributed by atoms with van der Waals surface area (Å²) in [6.07, 6.45) is 1.76. The molecule has 0 saturated carbocycles. The van der Waals surface area contributed by atoms with Gasteiger partial charge in [-0.15, -0.1) is 0 Å². The molecule has 0 spiro atoms. The third-order valence-corrected chi connectivity index (χ3v) is 3.28. The van der Waals surface area contributed by atoms with Crippen LogP contribution >= 0.6 is 0 Å². The number of aryl methyl sites for hydroxylation is 1. The summed E-state index contributed by atoms with van der Waals surface area (Å²) >= 11 is 0. The first-order valence-electron chi connectivity index (χ1n) is 6.40. The van der Waals surface area contributed by atoms with Crippen LogP contribution in [-0.4, -0.2) is 53.1 Å². The average molecular weight is 264 g/mol. The molecule has 19 heavy (non-hydrogen) atoms. The van der Waals surface area contributed by atoms with Gasteiger partial charge in [-0.25, -0.2) is 9.97 Å². The van der Waals surface area contributed by atoms with E-state index in [1.54, 1.807) is 13.2 Å². The third kappa shape index (κ3) is 3.27. The molecule has 104 valence electrons. The van der Waals surface area contributed by atoms with E-state index in [0.717, 1.165) is 18.1 Å². The SMILES string of the molecule is CNC(=O)[C@@]1(C)CN(Cc2ccnc(C)n2)CCO1. The second-order valence-electron chi connectivity index (χ2n) is 4.96. The fraction of sp³-hybridized carbons (Fsp3) is 0.615. The zero-order valence-electron chi connectivity index (χ0n) is 11.6. The van der Waals surface area contributed by atoms with Crippen molar-refractivity contribution in [3.8, 4) is 0 Å². The Bertz CT molecular complexity index is 466. The number of morpholine rings is 1. The highest BCUT2D eigenvalue weighted by atomic mass is 16.5. The predicted octanol–water partition coefficient (Wildman–Crippen LogP) is 0.122. The Morgan fingerprint density at radius 3 is 3.11 bits per heavy atom. The maximum atomic E-state index is 11.9. The van der Waals surface area contributed by atoms with E-state index >= 15 is 0 Å². The fourth-order valence-corrected chi connectivity index (χ4v) is 2.31. The van der Waals surface area contributed by atoms with Crippen LogP contribution in [0.3, 0.4) is 0 Å². The number of hydrogen-bond donors (Lipinski definition) is 1. The van der Waals surface area contributed by atoms with Crippen LogP contribution in [0.15, 0.2) is 12.3 Å². The van der Waals surface area contributed by atoms with Crippen LogP contribution < -0.4 is 5.32 Å². The summed E-state index contributed by atoms with van der Waals surface area (Å²) in [5.74, 6) is 0.677. The largest absolute Gasteiger partial charge is 0.363 e. The molecule has 0 unspecified atom stereocenters. The molecule has 0 aromatic carbocycles. The van der Waals surface area contributed by atoms with Gasteiger partial charge in [0, 0.05) is 32.9 Å². The van der Waals surface area contributed by atoms with E-state index in [4.69, 9.17) is 4.74 Å². The van der Waals surface area contributed by atoms with E-state index in [2.05, 4.69) is 20.2 Å². The standard InChI is InChI=1S/C13H20N4O2/c1-10-15-5-4-11(16-10)8-17-6-7-19-13(2,9-17)12(18)14-3/h4-5H,6-9H2,1-3H3,(H,14,18)/t13-/m1/s1. The molecule has 1 atom stereocenters. The van der Waals surface area contributed by atoms with Gasteiger partial charge >= 0.3 is 0 Å². The van der Waals surface area contributed by atoms with Crippen molar-refractivity contribution in [1.82, 2.24) is 20.2 Å². The van der Waals surface area contributed by atoms with Gasteiger partial charge in [0.2, 0.25) is 0 Å². The Morgan fingerprint density at radius 1 is 1.63 bits per heavy atom. The monoisotopic (exact) mass is 264 g/mol. The van der Waals surface area contributed by atoms with Crippen LogP contribution in [-0.2, 0) is 16.1 Å². The Hall–Kier alpha value is -1.53. The van der Waals surface area contributed by atoms with E-state index < -0.39 is 5.60 Å². The minimum atomic E-state index is -0.783. The lowest BCUT2D eigenvalue weighted by Crippen LogP contribution is -2.57. The number of hydrogen-bond acceptors (Lipinski definition) is 5. The van der Waals surface area contributed by atoms with Crippen molar-refractivity contribution in [2.24, 2.45) is 0 Å². The Kier molecular flexibility index (Phi) is 4.11. The highest BCUT2D eigenvalue weighted by molar-refractivity contribution is 5.84. The molecule has 2 heterocycles. The van der Waals surface area contributed by atoms with Crippen molar-refractivity contribution in [3.05, 3.63) is 23.8 Å². The van der Waals surface area contributed by atoms with E-state index in [1.807, 2.05) is 19.9 Å². The number of likely N-dealkylation sites (N-methyl/N-ethyl adjacent to an activating group) is 1. The first kappa shape index (κ1) is 13.9. The molecular formula is C13H20N4O2. The zero-order chi connectivity index (χ0) is 13.9. The lowest BCUT2D eigenvalue weighted by molar-refractivity contribution is -0.156. The molecule has 1 saturated heterocycles. The molecule has 1 aliphatic heterocycles. The predicted molar refractivity (Wildman–Crippen MR) is 70.5 cm³/mol. The van der Waals surface area contributed by atoms with Crippen molar-refractivity contribution in [2.45, 2.75) is 26.0 Å². The molecule has 2 rings (SSSR count). The van der Waals surface area contributed by atoms with Gasteiger partial charge in [0.25, 0.3) is 5.91 Å². The van der Waals surface area contributed by atoms with E-state index in [0.29, 0.717) is 19.7 Å². The quantitative estimate of drug-likeness (QED) is 0.840. The van der Waals surface area contributed by atoms with Crippen molar-refractivity contribution in [3.63, 3.8) is 0 Å². The molecular weight excluding hydrogens is 244 g/mol. The number of ether oxygens (including phenoxy) is 1. The number of aromatic nitrogens is 2. The number of nitrogens with one attached hydrogen (secondary N) is 1. The lowest BCUT2D eigenvalue weighted by atomic mass is 10.0. The number of carbonyl (C=O) groups excluding carboxylic acids is 1. The van der Waals surface area contributed by atoms with Gasteiger partial charge in [-0.2, -0.15) is 0 Å². The van der Waals surface area contributed by atoms with Crippen LogP contribution in [0.4, 0.5) is 0 Å². The molecule has 6 nitrogen and oxygen atoms in total. The minimum Gasteiger partial charge on any atom is -0.363 e. The van der Waals surface area contributed by atoms with Crippen molar-refractivity contribution in [2.75, 3.05) is 26.7 Å². The van der Waals surface area contributed by atoms with Gasteiger partial charge in [-0.3, -0.25) is 9.69 Å². The Balaban J connectivity index is 2.04. The van der Waals surface area contributed by atoms with Gasteiger partial charge in [-0.05, 0) is 19.9 Å². The Morgan fingerprint density at radius 2 is 2.42 bits per heavy atom. The first-order chi connectivity index (χ1) is 9.03. The Labute approximate surface area is 113 Å². The topological polar surface area (TPSA) is 67.4 Å². The number of amides is 1. The number of rotatable bonds is 3. The van der Waals surface area contributed by atoms with Crippen LogP contribution in [0.1, 0.15) is 18.4 Å². The van der Waals surface area contributed by atoms with Gasteiger partial charge < -0.3 is 10.1 Å². The highest BCUT2D eigenvalue weighted by Gasteiger charge is 2.38. The second-order valence-corrected chi connectivity index (χ2v) is 4.96. The summed E-state index contributed by atoms with van der Waals surface area (Å²) in [4.78, 5) is 22.5. The number of nitrogens with zero attached hydrogens (tertiary/aromatic N) is 3.